The van der Waals surface area contributed by atoms with Crippen LogP contribution in [0.2, 0.25) is 3.93 Å². The van der Waals surface area contributed by atoms with Crippen LogP contribution in [0.15, 0.2) is 0 Å². The molecule has 2 heteroatoms. The Bertz CT molecular complexity index is 21.5. The van der Waals surface area contributed by atoms with Crippen LogP contribution in [0.5, 0.6) is 0 Å². The van der Waals surface area contributed by atoms with Crippen molar-refractivity contribution in [3.63, 3.8) is 0 Å². The van der Waals surface area contributed by atoms with E-state index < -0.39 is 0 Å². The molecule has 0 bridgehead atoms. The van der Waals surface area contributed by atoms with E-state index in [-0.39, 0.29) is 27.3 Å². The molecule has 0 amide bonds. The molecule has 0 aromatic rings. The third-order valence-electron chi connectivity index (χ3n) is 0.612. The van der Waals surface area contributed by atoms with E-state index in [2.05, 4.69) is 13.8 Å². The fraction of sp³-hybridized carbons (Fsp3) is 1.00. The van der Waals surface area contributed by atoms with Crippen molar-refractivity contribution >= 4 is 49.8 Å². The van der Waals surface area contributed by atoms with E-state index in [9.17, 15) is 0 Å². The summed E-state index contributed by atoms with van der Waals surface area (Å²) in [5.41, 5.74) is 0. The molecule has 0 heterocycles. The number of hydrogen-bond acceptors (Lipinski definition) is 0. The van der Waals surface area contributed by atoms with E-state index in [1.54, 1.807) is 22.5 Å². The summed E-state index contributed by atoms with van der Waals surface area (Å²) < 4.78 is 0.974. The molecule has 1 unspecified atom stereocenters. The standard InChI is InChI=1S/C4H9.Pb.Sn/c1-3-4-2;;/h3H,4H2,1-2H3;;. The molecule has 0 rings (SSSR count). The van der Waals surface area contributed by atoms with E-state index in [1.165, 1.54) is 6.42 Å². The summed E-state index contributed by atoms with van der Waals surface area (Å²) in [5.74, 6) is 0. The molecule has 7 radical (unpaired) electrons. The molecule has 0 fully saturated rings. The van der Waals surface area contributed by atoms with Gasteiger partial charge in [0.25, 0.3) is 0 Å². The van der Waals surface area contributed by atoms with Gasteiger partial charge in [0.2, 0.25) is 0 Å². The maximum atomic E-state index is 2.26. The summed E-state index contributed by atoms with van der Waals surface area (Å²) in [4.78, 5) is 0. The summed E-state index contributed by atoms with van der Waals surface area (Å²) in [7, 11) is 0. The van der Waals surface area contributed by atoms with Crippen molar-refractivity contribution in [3.8, 4) is 0 Å². The van der Waals surface area contributed by atoms with Crippen LogP contribution in [0.1, 0.15) is 20.3 Å². The summed E-state index contributed by atoms with van der Waals surface area (Å²) in [5, 5.41) is 0. The second kappa shape index (κ2) is 6.72. The van der Waals surface area contributed by atoms with Crippen LogP contribution in [0.25, 0.3) is 0 Å². The first-order valence-electron chi connectivity index (χ1n) is 1.98. The minimum Gasteiger partial charge on any atom is 0 e. The van der Waals surface area contributed by atoms with Crippen molar-refractivity contribution in [2.24, 2.45) is 0 Å². The molecule has 0 aliphatic heterocycles. The second-order valence-corrected chi connectivity index (χ2v) is 4.12. The molecule has 33 valence electrons. The van der Waals surface area contributed by atoms with Crippen LogP contribution < -0.4 is 0 Å². The van der Waals surface area contributed by atoms with Gasteiger partial charge in [0, 0.05) is 27.3 Å². The Morgan fingerprint density at radius 1 is 1.67 bits per heavy atom. The average molecular weight is 383 g/mol. The molecule has 0 aliphatic carbocycles. The van der Waals surface area contributed by atoms with E-state index in [0.29, 0.717) is 0 Å². The van der Waals surface area contributed by atoms with Gasteiger partial charge in [-0.1, -0.05) is 0 Å². The minimum absolute atomic E-state index is 0. The molecule has 1 atom stereocenters. The number of rotatable bonds is 1. The van der Waals surface area contributed by atoms with Gasteiger partial charge in [0.1, 0.15) is 0 Å². The van der Waals surface area contributed by atoms with E-state index in [4.69, 9.17) is 0 Å². The molecule has 0 N–H and O–H groups in total. The molecule has 6 heavy (non-hydrogen) atoms. The van der Waals surface area contributed by atoms with E-state index in [0.717, 1.165) is 3.93 Å². The molecular weight excluding hydrogens is 374 g/mol. The van der Waals surface area contributed by atoms with Gasteiger partial charge < -0.3 is 0 Å². The first-order valence-corrected chi connectivity index (χ1v) is 3.63. The maximum Gasteiger partial charge on any atom is 0 e. The van der Waals surface area contributed by atoms with Crippen molar-refractivity contribution in [2.45, 2.75) is 24.2 Å². The van der Waals surface area contributed by atoms with Gasteiger partial charge in [0.15, 0.2) is 0 Å². The van der Waals surface area contributed by atoms with Crippen LogP contribution in [-0.2, 0) is 0 Å². The summed E-state index contributed by atoms with van der Waals surface area (Å²) in [6.45, 7) is 4.48. The van der Waals surface area contributed by atoms with Crippen LogP contribution >= 0.6 is 0 Å². The summed E-state index contributed by atoms with van der Waals surface area (Å²) in [6, 6.07) is 0. The first-order chi connectivity index (χ1) is 2.27. The van der Waals surface area contributed by atoms with Gasteiger partial charge in [0.05, 0.1) is 0 Å². The Morgan fingerprint density at radius 2 is 1.83 bits per heavy atom. The van der Waals surface area contributed by atoms with Gasteiger partial charge in [-0.2, -0.15) is 0 Å². The van der Waals surface area contributed by atoms with E-state index >= 15 is 0 Å². The SMILES string of the molecule is CC[CH](C)[Sn].[Pb]. The zero-order chi connectivity index (χ0) is 4.28. The molecule has 0 aliphatic rings. The minimum atomic E-state index is 0. The zero-order valence-electron chi connectivity index (χ0n) is 4.28. The quantitative estimate of drug-likeness (QED) is 0.593. The Hall–Kier alpha value is 1.72. The van der Waals surface area contributed by atoms with Gasteiger partial charge >= 0.3 is 46.7 Å². The molecular formula is C4H9PbSn. The number of hydrogen-bond donors (Lipinski definition) is 0. The topological polar surface area (TPSA) is 0 Å². The Kier molecular flexibility index (Phi) is 11.9. The third kappa shape index (κ3) is 9.21. The predicted molar refractivity (Wildman–Crippen MR) is 31.2 cm³/mol. The molecule has 0 saturated heterocycles. The van der Waals surface area contributed by atoms with Crippen molar-refractivity contribution < 1.29 is 0 Å². The van der Waals surface area contributed by atoms with Gasteiger partial charge in [-0.05, 0) is 0 Å². The Balaban J connectivity index is 0. The summed E-state index contributed by atoms with van der Waals surface area (Å²) in [6.07, 6.45) is 1.35. The molecule has 0 saturated carbocycles. The van der Waals surface area contributed by atoms with Crippen LogP contribution in [0.3, 0.4) is 0 Å². The third-order valence-corrected chi connectivity index (χ3v) is 1.78. The first kappa shape index (κ1) is 10.7. The molecule has 0 spiro atoms. The summed E-state index contributed by atoms with van der Waals surface area (Å²) >= 11 is 1.67. The van der Waals surface area contributed by atoms with E-state index in [1.807, 2.05) is 0 Å². The molecule has 0 aromatic heterocycles. The molecule has 0 nitrogen and oxygen atoms in total. The second-order valence-electron chi connectivity index (χ2n) is 1.31. The van der Waals surface area contributed by atoms with Gasteiger partial charge in [-0.25, -0.2) is 0 Å². The fourth-order valence-electron chi connectivity index (χ4n) is 0. The largest absolute Gasteiger partial charge is 0 e. The van der Waals surface area contributed by atoms with Gasteiger partial charge in [-0.3, -0.25) is 0 Å². The van der Waals surface area contributed by atoms with Crippen molar-refractivity contribution in [2.75, 3.05) is 0 Å². The fourth-order valence-corrected chi connectivity index (χ4v) is 0. The Morgan fingerprint density at radius 3 is 1.83 bits per heavy atom. The van der Waals surface area contributed by atoms with Crippen LogP contribution in [0.4, 0.5) is 0 Å². The molecule has 0 aromatic carbocycles. The van der Waals surface area contributed by atoms with Crippen LogP contribution in [0, 0.1) is 0 Å². The van der Waals surface area contributed by atoms with Gasteiger partial charge in [-0.15, -0.1) is 0 Å². The normalized spacial score (nSPS) is 12.5. The smallest absolute Gasteiger partial charge is 0 e. The Labute approximate surface area is 73.3 Å². The van der Waals surface area contributed by atoms with Crippen LogP contribution in [-0.4, -0.2) is 49.8 Å². The van der Waals surface area contributed by atoms with Crippen molar-refractivity contribution in [3.05, 3.63) is 0 Å². The monoisotopic (exact) mass is 385 g/mol. The average Bonchev–Trinajstić information content (AvgIpc) is 1.38. The van der Waals surface area contributed by atoms with Crippen molar-refractivity contribution in [1.29, 1.82) is 0 Å². The predicted octanol–water partition coefficient (Wildman–Crippen LogP) is 0.992. The zero-order valence-corrected chi connectivity index (χ0v) is 11.0. The maximum absolute atomic E-state index is 2.26. The van der Waals surface area contributed by atoms with Crippen molar-refractivity contribution in [1.82, 2.24) is 0 Å².